The first-order valence-electron chi connectivity index (χ1n) is 9.39. The quantitative estimate of drug-likeness (QED) is 0.848. The molecule has 3 fully saturated rings. The van der Waals surface area contributed by atoms with Crippen molar-refractivity contribution in [2.24, 2.45) is 17.8 Å². The topological polar surface area (TPSA) is 41.6 Å². The Morgan fingerprint density at radius 1 is 1.00 bits per heavy atom. The van der Waals surface area contributed by atoms with Gasteiger partial charge in [-0.1, -0.05) is 25.7 Å². The van der Waals surface area contributed by atoms with Crippen molar-refractivity contribution in [3.63, 3.8) is 0 Å². The van der Waals surface area contributed by atoms with Gasteiger partial charge in [0.1, 0.15) is 6.61 Å². The molecule has 3 aliphatic rings. The zero-order chi connectivity index (χ0) is 15.2. The van der Waals surface area contributed by atoms with Crippen LogP contribution in [0.15, 0.2) is 0 Å². The predicted molar refractivity (Wildman–Crippen MR) is 87.7 cm³/mol. The zero-order valence-corrected chi connectivity index (χ0v) is 13.9. The van der Waals surface area contributed by atoms with E-state index in [0.29, 0.717) is 5.92 Å². The molecular formula is C18H32N2O2. The number of ether oxygens (including phenoxy) is 1. The second-order valence-corrected chi connectivity index (χ2v) is 7.49. The third kappa shape index (κ3) is 4.45. The molecule has 0 bridgehead atoms. The number of hydrogen-bond acceptors (Lipinski definition) is 3. The fourth-order valence-electron chi connectivity index (χ4n) is 4.52. The normalized spacial score (nSPS) is 28.2. The highest BCUT2D eigenvalue weighted by Crippen LogP contribution is 2.36. The summed E-state index contributed by atoms with van der Waals surface area (Å²) in [7, 11) is 0. The third-order valence-corrected chi connectivity index (χ3v) is 5.94. The first-order valence-corrected chi connectivity index (χ1v) is 9.39. The average Bonchev–Trinajstić information content (AvgIpc) is 3.10. The van der Waals surface area contributed by atoms with Gasteiger partial charge < -0.3 is 15.0 Å². The van der Waals surface area contributed by atoms with Gasteiger partial charge in [-0.05, 0) is 50.0 Å². The van der Waals surface area contributed by atoms with Crippen LogP contribution in [-0.2, 0) is 9.53 Å². The van der Waals surface area contributed by atoms with E-state index < -0.39 is 0 Å². The summed E-state index contributed by atoms with van der Waals surface area (Å²) in [6, 6.07) is 0. The van der Waals surface area contributed by atoms with Crippen molar-refractivity contribution in [3.8, 4) is 0 Å². The van der Waals surface area contributed by atoms with Crippen LogP contribution in [0.2, 0.25) is 0 Å². The van der Waals surface area contributed by atoms with Crippen molar-refractivity contribution < 1.29 is 9.53 Å². The van der Waals surface area contributed by atoms with E-state index in [4.69, 9.17) is 4.74 Å². The Bertz CT molecular complexity index is 341. The molecule has 0 radical (unpaired) electrons. The first kappa shape index (κ1) is 16.3. The molecule has 4 heteroatoms. The summed E-state index contributed by atoms with van der Waals surface area (Å²) in [5.41, 5.74) is 0. The number of carbonyl (C=O) groups excluding carboxylic acids is 1. The number of amides is 1. The van der Waals surface area contributed by atoms with Crippen LogP contribution in [0, 0.1) is 17.8 Å². The lowest BCUT2D eigenvalue weighted by Crippen LogP contribution is -2.42. The average molecular weight is 308 g/mol. The first-order chi connectivity index (χ1) is 10.8. The maximum Gasteiger partial charge on any atom is 0.248 e. The molecule has 1 unspecified atom stereocenters. The van der Waals surface area contributed by atoms with Gasteiger partial charge in [-0.25, -0.2) is 0 Å². The number of likely N-dealkylation sites (tertiary alicyclic amines) is 1. The fraction of sp³-hybridized carbons (Fsp3) is 0.944. The zero-order valence-electron chi connectivity index (χ0n) is 13.9. The van der Waals surface area contributed by atoms with E-state index in [1.807, 2.05) is 4.90 Å². The van der Waals surface area contributed by atoms with E-state index >= 15 is 0 Å². The molecule has 1 amide bonds. The van der Waals surface area contributed by atoms with Crippen molar-refractivity contribution in [2.45, 2.75) is 51.4 Å². The Balaban J connectivity index is 1.31. The van der Waals surface area contributed by atoms with Crippen LogP contribution >= 0.6 is 0 Å². The van der Waals surface area contributed by atoms with Gasteiger partial charge in [0.15, 0.2) is 0 Å². The van der Waals surface area contributed by atoms with Gasteiger partial charge in [0, 0.05) is 19.6 Å². The van der Waals surface area contributed by atoms with Crippen LogP contribution in [0.5, 0.6) is 0 Å². The van der Waals surface area contributed by atoms with Crippen LogP contribution in [0.3, 0.4) is 0 Å². The van der Waals surface area contributed by atoms with Gasteiger partial charge in [-0.3, -0.25) is 4.79 Å². The van der Waals surface area contributed by atoms with E-state index in [0.717, 1.165) is 44.6 Å². The highest BCUT2D eigenvalue weighted by molar-refractivity contribution is 5.77. The van der Waals surface area contributed by atoms with E-state index in [-0.39, 0.29) is 12.5 Å². The second kappa shape index (κ2) is 8.30. The van der Waals surface area contributed by atoms with Crippen molar-refractivity contribution >= 4 is 5.91 Å². The molecule has 126 valence electrons. The number of hydrogen-bond donors (Lipinski definition) is 1. The number of nitrogens with one attached hydrogen (secondary N) is 1. The van der Waals surface area contributed by atoms with Gasteiger partial charge in [-0.15, -0.1) is 0 Å². The molecule has 1 N–H and O–H groups in total. The van der Waals surface area contributed by atoms with Crippen molar-refractivity contribution in [1.82, 2.24) is 10.2 Å². The predicted octanol–water partition coefficient (Wildman–Crippen LogP) is 2.43. The van der Waals surface area contributed by atoms with Crippen LogP contribution in [0.4, 0.5) is 0 Å². The molecule has 0 spiro atoms. The monoisotopic (exact) mass is 308 g/mol. The maximum atomic E-state index is 12.3. The molecule has 0 aromatic carbocycles. The highest BCUT2D eigenvalue weighted by atomic mass is 16.5. The molecular weight excluding hydrogens is 276 g/mol. The van der Waals surface area contributed by atoms with Crippen molar-refractivity contribution in [2.75, 3.05) is 39.4 Å². The van der Waals surface area contributed by atoms with Gasteiger partial charge in [0.25, 0.3) is 0 Å². The van der Waals surface area contributed by atoms with Crippen LogP contribution in [0.25, 0.3) is 0 Å². The van der Waals surface area contributed by atoms with Gasteiger partial charge in [0.05, 0.1) is 6.61 Å². The SMILES string of the molecule is O=C(COCC1CCCNC1)N1CCC(C2CCCC2)CC1. The summed E-state index contributed by atoms with van der Waals surface area (Å²) in [6.45, 7) is 5.09. The number of nitrogens with zero attached hydrogens (tertiary/aromatic N) is 1. The highest BCUT2D eigenvalue weighted by Gasteiger charge is 2.30. The summed E-state index contributed by atoms with van der Waals surface area (Å²) in [4.78, 5) is 14.3. The Morgan fingerprint density at radius 2 is 1.73 bits per heavy atom. The number of rotatable bonds is 5. The van der Waals surface area contributed by atoms with E-state index in [9.17, 15) is 4.79 Å². The molecule has 22 heavy (non-hydrogen) atoms. The van der Waals surface area contributed by atoms with Gasteiger partial charge in [0.2, 0.25) is 5.91 Å². The molecule has 2 aliphatic heterocycles. The lowest BCUT2D eigenvalue weighted by molar-refractivity contribution is -0.138. The minimum absolute atomic E-state index is 0.202. The number of carbonyl (C=O) groups is 1. The molecule has 3 rings (SSSR count). The maximum absolute atomic E-state index is 12.3. The molecule has 1 atom stereocenters. The summed E-state index contributed by atoms with van der Waals surface area (Å²) in [5, 5.41) is 3.39. The lowest BCUT2D eigenvalue weighted by atomic mass is 9.83. The van der Waals surface area contributed by atoms with E-state index in [2.05, 4.69) is 5.32 Å². The van der Waals surface area contributed by atoms with E-state index in [1.54, 1.807) is 0 Å². The minimum Gasteiger partial charge on any atom is -0.371 e. The summed E-state index contributed by atoms with van der Waals surface area (Å²) in [6.07, 6.45) is 10.6. The van der Waals surface area contributed by atoms with Crippen LogP contribution in [-0.4, -0.2) is 50.2 Å². The molecule has 0 aromatic heterocycles. The van der Waals surface area contributed by atoms with Gasteiger partial charge >= 0.3 is 0 Å². The second-order valence-electron chi connectivity index (χ2n) is 7.49. The summed E-state index contributed by atoms with van der Waals surface area (Å²) >= 11 is 0. The Kier molecular flexibility index (Phi) is 6.13. The molecule has 2 heterocycles. The molecule has 2 saturated heterocycles. The van der Waals surface area contributed by atoms with Crippen LogP contribution < -0.4 is 5.32 Å². The Morgan fingerprint density at radius 3 is 2.41 bits per heavy atom. The van der Waals surface area contributed by atoms with Crippen LogP contribution in [0.1, 0.15) is 51.4 Å². The molecule has 1 aliphatic carbocycles. The molecule has 4 nitrogen and oxygen atoms in total. The van der Waals surface area contributed by atoms with E-state index in [1.165, 1.54) is 51.4 Å². The number of piperidine rings is 2. The third-order valence-electron chi connectivity index (χ3n) is 5.94. The smallest absolute Gasteiger partial charge is 0.248 e. The minimum atomic E-state index is 0.202. The summed E-state index contributed by atoms with van der Waals surface area (Å²) in [5.74, 6) is 2.62. The Labute approximate surface area is 135 Å². The lowest BCUT2D eigenvalue weighted by Gasteiger charge is -2.35. The van der Waals surface area contributed by atoms with Gasteiger partial charge in [-0.2, -0.15) is 0 Å². The molecule has 0 aromatic rings. The molecule has 1 saturated carbocycles. The largest absolute Gasteiger partial charge is 0.371 e. The Hall–Kier alpha value is -0.610. The fourth-order valence-corrected chi connectivity index (χ4v) is 4.52. The van der Waals surface area contributed by atoms with Crippen molar-refractivity contribution in [1.29, 1.82) is 0 Å². The summed E-state index contributed by atoms with van der Waals surface area (Å²) < 4.78 is 5.68. The van der Waals surface area contributed by atoms with Crippen molar-refractivity contribution in [3.05, 3.63) is 0 Å². The standard InChI is InChI=1S/C18H32N2O2/c21-18(14-22-13-15-4-3-9-19-12-15)20-10-7-17(8-11-20)16-5-1-2-6-16/h15-17,19H,1-14H2.